The van der Waals surface area contributed by atoms with E-state index in [-0.39, 0.29) is 11.8 Å². The quantitative estimate of drug-likeness (QED) is 0.862. The maximum atomic E-state index is 12.8. The number of hydrogen-bond acceptors (Lipinski definition) is 6. The lowest BCUT2D eigenvalue weighted by atomic mass is 9.88. The summed E-state index contributed by atoms with van der Waals surface area (Å²) in [5, 5.41) is 2.82. The molecule has 0 atom stereocenters. The Hall–Kier alpha value is -2.64. The van der Waals surface area contributed by atoms with Crippen molar-refractivity contribution in [3.63, 3.8) is 0 Å². The average molecular weight is 345 g/mol. The summed E-state index contributed by atoms with van der Waals surface area (Å²) in [6, 6.07) is 3.44. The molecule has 8 heteroatoms. The van der Waals surface area contributed by atoms with Crippen molar-refractivity contribution < 1.29 is 14.3 Å². The van der Waals surface area contributed by atoms with Crippen molar-refractivity contribution in [3.05, 3.63) is 23.9 Å². The molecule has 0 radical (unpaired) electrons. The molecule has 2 aliphatic rings. The normalized spacial score (nSPS) is 18.8. The number of ether oxygens (including phenoxy) is 1. The van der Waals surface area contributed by atoms with E-state index in [2.05, 4.69) is 15.3 Å². The predicted molar refractivity (Wildman–Crippen MR) is 92.5 cm³/mol. The van der Waals surface area contributed by atoms with Gasteiger partial charge in [-0.3, -0.25) is 14.9 Å². The highest BCUT2D eigenvalue weighted by atomic mass is 16.5. The summed E-state index contributed by atoms with van der Waals surface area (Å²) in [5.74, 6) is 0.721. The van der Waals surface area contributed by atoms with E-state index in [1.807, 2.05) is 21.0 Å². The molecule has 1 saturated heterocycles. The van der Waals surface area contributed by atoms with Gasteiger partial charge in [0, 0.05) is 33.4 Å². The summed E-state index contributed by atoms with van der Waals surface area (Å²) >= 11 is 0. The van der Waals surface area contributed by atoms with Crippen molar-refractivity contribution in [2.45, 2.75) is 25.3 Å². The summed E-state index contributed by atoms with van der Waals surface area (Å²) < 4.78 is 5.45. The SMILES string of the molecule is CCOc1ncccc1C(=O)N1CCC2(CC1)N=C(N(C)C)NC2=O. The van der Waals surface area contributed by atoms with E-state index < -0.39 is 5.54 Å². The lowest BCUT2D eigenvalue weighted by Crippen LogP contribution is -2.50. The zero-order valence-corrected chi connectivity index (χ0v) is 14.8. The highest BCUT2D eigenvalue weighted by molar-refractivity contribution is 6.07. The van der Waals surface area contributed by atoms with E-state index in [4.69, 9.17) is 4.74 Å². The molecule has 2 amide bonds. The maximum absolute atomic E-state index is 12.8. The Morgan fingerprint density at radius 2 is 2.12 bits per heavy atom. The van der Waals surface area contributed by atoms with E-state index in [9.17, 15) is 9.59 Å². The van der Waals surface area contributed by atoms with Gasteiger partial charge in [-0.05, 0) is 31.9 Å². The molecule has 0 aliphatic carbocycles. The number of rotatable bonds is 3. The van der Waals surface area contributed by atoms with Crippen LogP contribution >= 0.6 is 0 Å². The Labute approximate surface area is 146 Å². The first-order chi connectivity index (χ1) is 12.0. The van der Waals surface area contributed by atoms with Crippen LogP contribution in [-0.4, -0.2) is 71.9 Å². The summed E-state index contributed by atoms with van der Waals surface area (Å²) in [6.45, 7) is 3.24. The number of likely N-dealkylation sites (tertiary alicyclic amines) is 1. The molecule has 25 heavy (non-hydrogen) atoms. The minimum atomic E-state index is -0.756. The van der Waals surface area contributed by atoms with Crippen molar-refractivity contribution in [2.24, 2.45) is 4.99 Å². The molecule has 2 aliphatic heterocycles. The number of carbonyl (C=O) groups is 2. The monoisotopic (exact) mass is 345 g/mol. The van der Waals surface area contributed by atoms with Crippen molar-refractivity contribution in [3.8, 4) is 5.88 Å². The van der Waals surface area contributed by atoms with Gasteiger partial charge in [-0.15, -0.1) is 0 Å². The van der Waals surface area contributed by atoms with Gasteiger partial charge < -0.3 is 14.5 Å². The van der Waals surface area contributed by atoms with Crippen LogP contribution in [0.4, 0.5) is 0 Å². The minimum Gasteiger partial charge on any atom is -0.477 e. The summed E-state index contributed by atoms with van der Waals surface area (Å²) in [4.78, 5) is 37.4. The molecular weight excluding hydrogens is 322 g/mol. The first-order valence-electron chi connectivity index (χ1n) is 8.42. The van der Waals surface area contributed by atoms with E-state index in [0.717, 1.165) is 0 Å². The van der Waals surface area contributed by atoms with Crippen molar-refractivity contribution in [1.29, 1.82) is 0 Å². The van der Waals surface area contributed by atoms with Gasteiger partial charge in [-0.1, -0.05) is 0 Å². The van der Waals surface area contributed by atoms with Gasteiger partial charge in [0.1, 0.15) is 11.1 Å². The van der Waals surface area contributed by atoms with Gasteiger partial charge in [0.25, 0.3) is 11.8 Å². The van der Waals surface area contributed by atoms with Crippen LogP contribution in [0.1, 0.15) is 30.1 Å². The number of amides is 2. The number of piperidine rings is 1. The smallest absolute Gasteiger partial charge is 0.259 e. The Bertz CT molecular complexity index is 708. The van der Waals surface area contributed by atoms with Gasteiger partial charge >= 0.3 is 0 Å². The summed E-state index contributed by atoms with van der Waals surface area (Å²) in [5.41, 5.74) is -0.303. The molecule has 1 aromatic heterocycles. The maximum Gasteiger partial charge on any atom is 0.259 e. The third-order valence-corrected chi connectivity index (χ3v) is 4.55. The van der Waals surface area contributed by atoms with Crippen LogP contribution in [0.15, 0.2) is 23.3 Å². The van der Waals surface area contributed by atoms with E-state index in [1.54, 1.807) is 28.1 Å². The van der Waals surface area contributed by atoms with E-state index in [0.29, 0.717) is 49.9 Å². The topological polar surface area (TPSA) is 87.1 Å². The zero-order valence-electron chi connectivity index (χ0n) is 14.8. The van der Waals surface area contributed by atoms with Gasteiger partial charge in [0.2, 0.25) is 11.8 Å². The zero-order chi connectivity index (χ0) is 18.0. The van der Waals surface area contributed by atoms with Crippen LogP contribution in [0.5, 0.6) is 5.88 Å². The van der Waals surface area contributed by atoms with Crippen LogP contribution in [-0.2, 0) is 4.79 Å². The summed E-state index contributed by atoms with van der Waals surface area (Å²) in [7, 11) is 3.68. The Balaban J connectivity index is 1.73. The number of aliphatic imine (C=N–C) groups is 1. The van der Waals surface area contributed by atoms with Gasteiger partial charge in [-0.2, -0.15) is 0 Å². The van der Waals surface area contributed by atoms with Crippen LogP contribution < -0.4 is 10.1 Å². The number of nitrogens with zero attached hydrogens (tertiary/aromatic N) is 4. The first kappa shape index (κ1) is 17.2. The van der Waals surface area contributed by atoms with Gasteiger partial charge in [0.05, 0.1) is 6.61 Å². The molecule has 3 heterocycles. The molecule has 3 rings (SSSR count). The molecule has 0 bridgehead atoms. The second-order valence-electron chi connectivity index (χ2n) is 6.40. The molecule has 134 valence electrons. The number of nitrogens with one attached hydrogen (secondary N) is 1. The molecule has 1 spiro atoms. The van der Waals surface area contributed by atoms with Gasteiger partial charge in [-0.25, -0.2) is 9.98 Å². The molecule has 1 aromatic rings. The molecule has 8 nitrogen and oxygen atoms in total. The number of hydrogen-bond donors (Lipinski definition) is 1. The van der Waals surface area contributed by atoms with E-state index in [1.165, 1.54) is 0 Å². The molecule has 0 aromatic carbocycles. The van der Waals surface area contributed by atoms with E-state index >= 15 is 0 Å². The third-order valence-electron chi connectivity index (χ3n) is 4.55. The lowest BCUT2D eigenvalue weighted by molar-refractivity contribution is -0.125. The molecular formula is C17H23N5O3. The molecule has 0 saturated carbocycles. The predicted octanol–water partition coefficient (Wildman–Crippen LogP) is 0.503. The number of pyridine rings is 1. The average Bonchev–Trinajstić information content (AvgIpc) is 2.93. The van der Waals surface area contributed by atoms with Crippen LogP contribution in [0.3, 0.4) is 0 Å². The Morgan fingerprint density at radius 1 is 1.40 bits per heavy atom. The number of guanidine groups is 1. The second kappa shape index (κ2) is 6.70. The minimum absolute atomic E-state index is 0.0836. The second-order valence-corrected chi connectivity index (χ2v) is 6.40. The van der Waals surface area contributed by atoms with Crippen molar-refractivity contribution in [1.82, 2.24) is 20.1 Å². The van der Waals surface area contributed by atoms with Crippen LogP contribution in [0.25, 0.3) is 0 Å². The number of carbonyl (C=O) groups excluding carboxylic acids is 2. The molecule has 1 fully saturated rings. The highest BCUT2D eigenvalue weighted by Crippen LogP contribution is 2.31. The summed E-state index contributed by atoms with van der Waals surface area (Å²) in [6.07, 6.45) is 2.62. The fraction of sp³-hybridized carbons (Fsp3) is 0.529. The van der Waals surface area contributed by atoms with Gasteiger partial charge in [0.15, 0.2) is 0 Å². The fourth-order valence-electron chi connectivity index (χ4n) is 3.11. The van der Waals surface area contributed by atoms with Crippen molar-refractivity contribution in [2.75, 3.05) is 33.8 Å². The van der Waals surface area contributed by atoms with Crippen LogP contribution in [0.2, 0.25) is 0 Å². The largest absolute Gasteiger partial charge is 0.477 e. The third kappa shape index (κ3) is 3.16. The lowest BCUT2D eigenvalue weighted by Gasteiger charge is -2.35. The molecule has 1 N–H and O–H groups in total. The Kier molecular flexibility index (Phi) is 4.61. The highest BCUT2D eigenvalue weighted by Gasteiger charge is 2.47. The first-order valence-corrected chi connectivity index (χ1v) is 8.42. The Morgan fingerprint density at radius 3 is 2.72 bits per heavy atom. The molecule has 0 unspecified atom stereocenters. The van der Waals surface area contributed by atoms with Crippen LogP contribution in [0, 0.1) is 0 Å². The fourth-order valence-corrected chi connectivity index (χ4v) is 3.11. The van der Waals surface area contributed by atoms with Crippen molar-refractivity contribution >= 4 is 17.8 Å². The standard InChI is InChI=1S/C17H23N5O3/c1-4-25-13-12(6-5-9-18-13)14(23)22-10-7-17(8-11-22)15(24)19-16(20-17)21(2)3/h5-6,9H,4,7-8,10-11H2,1-3H3,(H,19,20,24). The number of aromatic nitrogens is 1.